The third-order valence-electron chi connectivity index (χ3n) is 5.32. The molecule has 1 aliphatic heterocycles. The topological polar surface area (TPSA) is 52.9 Å². The van der Waals surface area contributed by atoms with Gasteiger partial charge in [-0.05, 0) is 19.4 Å². The summed E-state index contributed by atoms with van der Waals surface area (Å²) in [5.41, 5.74) is 0. The van der Waals surface area contributed by atoms with Crippen molar-refractivity contribution >= 4 is 0 Å². The van der Waals surface area contributed by atoms with Crippen molar-refractivity contribution in [3.05, 3.63) is 0 Å². The summed E-state index contributed by atoms with van der Waals surface area (Å²) < 4.78 is 5.91. The molecule has 0 saturated carbocycles. The van der Waals surface area contributed by atoms with Crippen LogP contribution in [-0.2, 0) is 4.74 Å². The van der Waals surface area contributed by atoms with Gasteiger partial charge in [0.05, 0.1) is 12.2 Å². The van der Waals surface area contributed by atoms with E-state index in [1.165, 1.54) is 70.6 Å². The number of likely N-dealkylation sites (tertiary alicyclic amines) is 1. The van der Waals surface area contributed by atoms with Gasteiger partial charge in [0.15, 0.2) is 0 Å². The Morgan fingerprint density at radius 2 is 1.32 bits per heavy atom. The molecular formula is C21H43NO3. The number of nitrogens with zero attached hydrogens (tertiary/aromatic N) is 1. The molecule has 1 fully saturated rings. The Labute approximate surface area is 155 Å². The lowest BCUT2D eigenvalue weighted by atomic mass is 10.0. The van der Waals surface area contributed by atoms with Crippen LogP contribution in [0.25, 0.3) is 0 Å². The molecule has 1 heterocycles. The summed E-state index contributed by atoms with van der Waals surface area (Å²) in [7, 11) is 0. The quantitative estimate of drug-likeness (QED) is 0.433. The largest absolute Gasteiger partial charge is 0.389 e. The van der Waals surface area contributed by atoms with Crippen LogP contribution in [0.2, 0.25) is 0 Å². The Morgan fingerprint density at radius 1 is 0.760 bits per heavy atom. The van der Waals surface area contributed by atoms with E-state index in [1.54, 1.807) is 0 Å². The highest BCUT2D eigenvalue weighted by Crippen LogP contribution is 2.17. The van der Waals surface area contributed by atoms with E-state index in [4.69, 9.17) is 4.74 Å². The van der Waals surface area contributed by atoms with Crippen LogP contribution in [0.15, 0.2) is 0 Å². The molecule has 4 nitrogen and oxygen atoms in total. The van der Waals surface area contributed by atoms with Crippen LogP contribution in [0, 0.1) is 0 Å². The minimum Gasteiger partial charge on any atom is -0.389 e. The second kappa shape index (κ2) is 15.0. The number of unbranched alkanes of at least 4 members (excludes halogenated alkanes) is 10. The van der Waals surface area contributed by atoms with Crippen molar-refractivity contribution in [3.63, 3.8) is 0 Å². The lowest BCUT2D eigenvalue weighted by molar-refractivity contribution is -0.134. The maximum atomic E-state index is 10.2. The average Bonchev–Trinajstić information content (AvgIpc) is 2.61. The number of piperidine rings is 1. The first kappa shape index (κ1) is 22.9. The molecule has 1 saturated heterocycles. The van der Waals surface area contributed by atoms with Crippen LogP contribution >= 0.6 is 0 Å². The third-order valence-corrected chi connectivity index (χ3v) is 5.32. The lowest BCUT2D eigenvalue weighted by Crippen LogP contribution is -2.56. The molecule has 3 atom stereocenters. The maximum absolute atomic E-state index is 10.2. The van der Waals surface area contributed by atoms with E-state index >= 15 is 0 Å². The Hall–Kier alpha value is -0.160. The van der Waals surface area contributed by atoms with E-state index in [2.05, 4.69) is 18.7 Å². The van der Waals surface area contributed by atoms with E-state index in [0.717, 1.165) is 19.5 Å². The Bertz CT molecular complexity index is 301. The average molecular weight is 358 g/mol. The minimum atomic E-state index is -0.735. The van der Waals surface area contributed by atoms with Gasteiger partial charge < -0.3 is 14.9 Å². The van der Waals surface area contributed by atoms with Gasteiger partial charge >= 0.3 is 0 Å². The van der Waals surface area contributed by atoms with Crippen LogP contribution in [-0.4, -0.2) is 59.7 Å². The van der Waals surface area contributed by atoms with Crippen molar-refractivity contribution in [1.82, 2.24) is 4.90 Å². The molecule has 1 rings (SSSR count). The number of aliphatic hydroxyl groups excluding tert-OH is 2. The van der Waals surface area contributed by atoms with Crippen molar-refractivity contribution in [2.24, 2.45) is 0 Å². The monoisotopic (exact) mass is 357 g/mol. The zero-order chi connectivity index (χ0) is 18.3. The number of β-amino-alcohol motifs (C(OH)–C–C–N with tert-alkyl or cyclic N) is 1. The van der Waals surface area contributed by atoms with E-state index in [9.17, 15) is 10.2 Å². The van der Waals surface area contributed by atoms with Crippen LogP contribution < -0.4 is 0 Å². The molecule has 4 heteroatoms. The SMILES string of the molecule is CCCCCCCCO[C@H]1CN(CCCCCCCC)C[C@@H](O)[C@@H]1O. The predicted molar refractivity (Wildman–Crippen MR) is 105 cm³/mol. The molecule has 25 heavy (non-hydrogen) atoms. The number of aliphatic hydroxyl groups is 2. The van der Waals surface area contributed by atoms with Gasteiger partial charge in [-0.1, -0.05) is 78.1 Å². The van der Waals surface area contributed by atoms with Crippen molar-refractivity contribution in [2.75, 3.05) is 26.2 Å². The van der Waals surface area contributed by atoms with Gasteiger partial charge in [-0.3, -0.25) is 4.90 Å². The molecule has 0 aromatic rings. The van der Waals surface area contributed by atoms with E-state index in [1.807, 2.05) is 0 Å². The normalized spacial score (nSPS) is 24.7. The number of hydrogen-bond acceptors (Lipinski definition) is 4. The van der Waals surface area contributed by atoms with Gasteiger partial charge in [-0.15, -0.1) is 0 Å². The maximum Gasteiger partial charge on any atom is 0.108 e. The van der Waals surface area contributed by atoms with Crippen LogP contribution in [0.3, 0.4) is 0 Å². The second-order valence-electron chi connectivity index (χ2n) is 7.76. The molecular weight excluding hydrogens is 314 g/mol. The van der Waals surface area contributed by atoms with Gasteiger partial charge in [-0.25, -0.2) is 0 Å². The molecule has 2 N–H and O–H groups in total. The van der Waals surface area contributed by atoms with Crippen molar-refractivity contribution in [1.29, 1.82) is 0 Å². The fourth-order valence-electron chi connectivity index (χ4n) is 3.62. The van der Waals surface area contributed by atoms with E-state index in [0.29, 0.717) is 13.2 Å². The summed E-state index contributed by atoms with van der Waals surface area (Å²) in [6.07, 6.45) is 13.5. The van der Waals surface area contributed by atoms with Crippen LogP contribution in [0.1, 0.15) is 90.9 Å². The predicted octanol–water partition coefficient (Wildman–Crippen LogP) is 4.13. The molecule has 0 bridgehead atoms. The summed E-state index contributed by atoms with van der Waals surface area (Å²) >= 11 is 0. The summed E-state index contributed by atoms with van der Waals surface area (Å²) in [4.78, 5) is 2.27. The Kier molecular flexibility index (Phi) is 13.7. The fraction of sp³-hybridized carbons (Fsp3) is 1.00. The van der Waals surface area contributed by atoms with Crippen LogP contribution in [0.4, 0.5) is 0 Å². The molecule has 0 aliphatic carbocycles. The molecule has 0 aromatic carbocycles. The first-order valence-corrected chi connectivity index (χ1v) is 10.9. The standard InChI is InChI=1S/C21H43NO3/c1-3-5-7-9-11-13-15-22-17-19(23)21(24)20(18-22)25-16-14-12-10-8-6-4-2/h19-21,23-24H,3-18H2,1-2H3/t19-,20+,21+/m1/s1. The summed E-state index contributed by atoms with van der Waals surface area (Å²) in [5.74, 6) is 0. The molecule has 0 unspecified atom stereocenters. The van der Waals surface area contributed by atoms with Gasteiger partial charge in [0.2, 0.25) is 0 Å². The first-order valence-electron chi connectivity index (χ1n) is 10.9. The molecule has 1 aliphatic rings. The highest BCUT2D eigenvalue weighted by Gasteiger charge is 2.34. The van der Waals surface area contributed by atoms with Crippen molar-refractivity contribution < 1.29 is 14.9 Å². The fourth-order valence-corrected chi connectivity index (χ4v) is 3.62. The smallest absolute Gasteiger partial charge is 0.108 e. The number of ether oxygens (including phenoxy) is 1. The molecule has 0 aromatic heterocycles. The van der Waals surface area contributed by atoms with Crippen molar-refractivity contribution in [2.45, 2.75) is 109 Å². The van der Waals surface area contributed by atoms with Gasteiger partial charge in [0.1, 0.15) is 6.10 Å². The molecule has 0 spiro atoms. The lowest BCUT2D eigenvalue weighted by Gasteiger charge is -2.39. The highest BCUT2D eigenvalue weighted by molar-refractivity contribution is 4.87. The minimum absolute atomic E-state index is 0.237. The Balaban J connectivity index is 2.15. The zero-order valence-corrected chi connectivity index (χ0v) is 16.8. The van der Waals surface area contributed by atoms with Crippen LogP contribution in [0.5, 0.6) is 0 Å². The van der Waals surface area contributed by atoms with Gasteiger partial charge in [-0.2, -0.15) is 0 Å². The van der Waals surface area contributed by atoms with E-state index < -0.39 is 12.2 Å². The molecule has 150 valence electrons. The second-order valence-corrected chi connectivity index (χ2v) is 7.76. The molecule has 0 amide bonds. The zero-order valence-electron chi connectivity index (χ0n) is 16.8. The molecule has 0 radical (unpaired) electrons. The van der Waals surface area contributed by atoms with Gasteiger partial charge in [0.25, 0.3) is 0 Å². The number of hydrogen-bond donors (Lipinski definition) is 2. The van der Waals surface area contributed by atoms with Crippen molar-refractivity contribution in [3.8, 4) is 0 Å². The van der Waals surface area contributed by atoms with E-state index in [-0.39, 0.29) is 6.10 Å². The highest BCUT2D eigenvalue weighted by atomic mass is 16.5. The number of rotatable bonds is 15. The third kappa shape index (κ3) is 10.5. The first-order chi connectivity index (χ1) is 12.2. The summed E-state index contributed by atoms with van der Waals surface area (Å²) in [5, 5.41) is 20.3. The van der Waals surface area contributed by atoms with Gasteiger partial charge in [0, 0.05) is 19.7 Å². The Morgan fingerprint density at radius 3 is 1.96 bits per heavy atom. The summed E-state index contributed by atoms with van der Waals surface area (Å²) in [6.45, 7) is 7.51. The summed E-state index contributed by atoms with van der Waals surface area (Å²) in [6, 6.07) is 0.